The van der Waals surface area contributed by atoms with Gasteiger partial charge < -0.3 is 0 Å². The molecule has 0 aliphatic carbocycles. The van der Waals surface area contributed by atoms with Gasteiger partial charge in [0.15, 0.2) is 0 Å². The van der Waals surface area contributed by atoms with E-state index in [4.69, 9.17) is 0 Å². The van der Waals surface area contributed by atoms with Crippen LogP contribution in [0.1, 0.15) is 0 Å². The lowest BCUT2D eigenvalue weighted by Gasteiger charge is -2.04. The molecule has 2 aromatic rings. The van der Waals surface area contributed by atoms with Crippen LogP contribution in [-0.4, -0.2) is 0 Å². The highest BCUT2D eigenvalue weighted by molar-refractivity contribution is 9.15. The molecule has 0 unspecified atom stereocenters. The summed E-state index contributed by atoms with van der Waals surface area (Å²) in [6.07, 6.45) is 0. The van der Waals surface area contributed by atoms with Gasteiger partial charge in [0, 0.05) is 27.3 Å². The van der Waals surface area contributed by atoms with Gasteiger partial charge in [0.1, 0.15) is 0 Å². The second-order valence-corrected chi connectivity index (χ2v) is 7.72. The summed E-state index contributed by atoms with van der Waals surface area (Å²) in [6, 6.07) is 11.8. The Balaban J connectivity index is 0.000000199. The van der Waals surface area contributed by atoms with Gasteiger partial charge in [-0.25, -0.2) is 0 Å². The lowest BCUT2D eigenvalue weighted by atomic mass is 10.4. The van der Waals surface area contributed by atoms with Crippen LogP contribution in [0.5, 0.6) is 0 Å². The highest BCUT2D eigenvalue weighted by atomic mass is 79.9. The minimum atomic E-state index is 0.999. The van der Waals surface area contributed by atoms with Crippen LogP contribution in [0.4, 0.5) is 0 Å². The smallest absolute Gasteiger partial charge is 0.0482 e. The highest BCUT2D eigenvalue weighted by Crippen LogP contribution is 2.40. The van der Waals surface area contributed by atoms with E-state index in [0.717, 1.165) is 27.3 Å². The summed E-state index contributed by atoms with van der Waals surface area (Å²) in [5.41, 5.74) is 0. The molecule has 0 bridgehead atoms. The summed E-state index contributed by atoms with van der Waals surface area (Å²) in [5, 5.41) is 0. The molecule has 0 aliphatic rings. The van der Waals surface area contributed by atoms with Crippen molar-refractivity contribution in [2.75, 3.05) is 0 Å². The molecule has 0 spiro atoms. The first-order valence-corrected chi connectivity index (χ1v) is 9.07. The van der Waals surface area contributed by atoms with Crippen molar-refractivity contribution in [1.82, 2.24) is 0 Å². The first kappa shape index (κ1) is 17.2. The lowest BCUT2D eigenvalue weighted by molar-refractivity contribution is 1.46. The van der Waals surface area contributed by atoms with E-state index in [-0.39, 0.29) is 0 Å². The third-order valence-electron chi connectivity index (χ3n) is 1.81. The SMILES string of the molecule is Brc1cc(Br)c(Br)c(Br)c1Br.Sc1ccccc1. The topological polar surface area (TPSA) is 0 Å². The molecule has 0 saturated heterocycles. The van der Waals surface area contributed by atoms with Crippen LogP contribution in [0, 0.1) is 0 Å². The molecule has 0 amide bonds. The van der Waals surface area contributed by atoms with E-state index in [2.05, 4.69) is 92.3 Å². The zero-order valence-corrected chi connectivity index (χ0v) is 17.6. The third kappa shape index (κ3) is 5.29. The Labute approximate surface area is 154 Å². The molecule has 0 nitrogen and oxygen atoms in total. The molecule has 0 N–H and O–H groups in total. The molecule has 18 heavy (non-hydrogen) atoms. The van der Waals surface area contributed by atoms with Gasteiger partial charge in [0.25, 0.3) is 0 Å². The van der Waals surface area contributed by atoms with Crippen molar-refractivity contribution in [3.05, 3.63) is 58.8 Å². The summed E-state index contributed by atoms with van der Waals surface area (Å²) in [5.74, 6) is 0. The Hall–Kier alpha value is 1.19. The van der Waals surface area contributed by atoms with Crippen molar-refractivity contribution in [2.45, 2.75) is 4.90 Å². The average Bonchev–Trinajstić information content (AvgIpc) is 2.36. The second kappa shape index (κ2) is 8.47. The van der Waals surface area contributed by atoms with Gasteiger partial charge in [-0.15, -0.1) is 12.6 Å². The zero-order valence-electron chi connectivity index (χ0n) is 8.80. The van der Waals surface area contributed by atoms with Crippen molar-refractivity contribution in [1.29, 1.82) is 0 Å². The first-order chi connectivity index (χ1) is 8.43. The molecule has 96 valence electrons. The summed E-state index contributed by atoms with van der Waals surface area (Å²) in [4.78, 5) is 1.02. The number of thiol groups is 1. The maximum absolute atomic E-state index is 4.08. The summed E-state index contributed by atoms with van der Waals surface area (Å²) >= 11 is 21.2. The monoisotopic (exact) mass is 578 g/mol. The van der Waals surface area contributed by atoms with Gasteiger partial charge in [-0.05, 0) is 97.8 Å². The van der Waals surface area contributed by atoms with Gasteiger partial charge in [0.2, 0.25) is 0 Å². The van der Waals surface area contributed by atoms with Crippen LogP contribution < -0.4 is 0 Å². The summed E-state index contributed by atoms with van der Waals surface area (Å²) in [7, 11) is 0. The minimum absolute atomic E-state index is 0.999. The van der Waals surface area contributed by atoms with E-state index in [1.54, 1.807) is 0 Å². The zero-order chi connectivity index (χ0) is 13.7. The molecule has 6 heteroatoms. The molecule has 2 rings (SSSR count). The second-order valence-electron chi connectivity index (χ2n) is 3.12. The maximum Gasteiger partial charge on any atom is 0.0482 e. The number of halogens is 5. The van der Waals surface area contributed by atoms with Crippen molar-refractivity contribution >= 4 is 92.3 Å². The van der Waals surface area contributed by atoms with Gasteiger partial charge >= 0.3 is 0 Å². The number of hydrogen-bond acceptors (Lipinski definition) is 1. The van der Waals surface area contributed by atoms with Gasteiger partial charge in [-0.2, -0.15) is 0 Å². The summed E-state index contributed by atoms with van der Waals surface area (Å²) in [6.45, 7) is 0. The lowest BCUT2D eigenvalue weighted by Crippen LogP contribution is -1.77. The minimum Gasteiger partial charge on any atom is -0.143 e. The molecule has 0 atom stereocenters. The Morgan fingerprint density at radius 2 is 1.11 bits per heavy atom. The van der Waals surface area contributed by atoms with Crippen LogP contribution >= 0.6 is 92.3 Å². The van der Waals surface area contributed by atoms with E-state index < -0.39 is 0 Å². The quantitative estimate of drug-likeness (QED) is 0.186. The maximum atomic E-state index is 4.08. The Bertz CT molecular complexity index is 501. The van der Waals surface area contributed by atoms with Crippen LogP contribution in [-0.2, 0) is 0 Å². The molecule has 0 aliphatic heterocycles. The van der Waals surface area contributed by atoms with Crippen LogP contribution in [0.15, 0.2) is 63.7 Å². The fraction of sp³-hybridized carbons (Fsp3) is 0. The standard InChI is InChI=1S/C6HBr5.C6H6S/c7-2-1-3(8)5(10)6(11)4(2)9;7-6-4-2-1-3-5-6/h1H;1-5,7H. The van der Waals surface area contributed by atoms with Gasteiger partial charge in [0.05, 0.1) is 0 Å². The predicted molar refractivity (Wildman–Crippen MR) is 98.6 cm³/mol. The molecule has 0 fully saturated rings. The van der Waals surface area contributed by atoms with Gasteiger partial charge in [-0.1, -0.05) is 18.2 Å². The normalized spacial score (nSPS) is 9.67. The Kier molecular flexibility index (Phi) is 8.11. The third-order valence-corrected chi connectivity index (χ3v) is 7.93. The van der Waals surface area contributed by atoms with Crippen molar-refractivity contribution in [2.24, 2.45) is 0 Å². The number of rotatable bonds is 0. The molecular weight excluding hydrogens is 576 g/mol. The fourth-order valence-electron chi connectivity index (χ4n) is 0.972. The van der Waals surface area contributed by atoms with Crippen LogP contribution in [0.2, 0.25) is 0 Å². The van der Waals surface area contributed by atoms with Crippen molar-refractivity contribution < 1.29 is 0 Å². The fourth-order valence-corrected chi connectivity index (χ4v) is 4.16. The molecule has 0 saturated carbocycles. The van der Waals surface area contributed by atoms with Crippen molar-refractivity contribution in [3.63, 3.8) is 0 Å². The van der Waals surface area contributed by atoms with Crippen LogP contribution in [0.3, 0.4) is 0 Å². The van der Waals surface area contributed by atoms with Gasteiger partial charge in [-0.3, -0.25) is 0 Å². The Morgan fingerprint density at radius 1 is 0.667 bits per heavy atom. The Morgan fingerprint density at radius 3 is 1.44 bits per heavy atom. The molecule has 2 aromatic carbocycles. The predicted octanol–water partition coefficient (Wildman–Crippen LogP) is 7.47. The van der Waals surface area contributed by atoms with E-state index in [1.807, 2.05) is 36.4 Å². The average molecular weight is 583 g/mol. The number of hydrogen-bond donors (Lipinski definition) is 1. The van der Waals surface area contributed by atoms with Crippen molar-refractivity contribution in [3.8, 4) is 0 Å². The molecule has 0 radical (unpaired) electrons. The van der Waals surface area contributed by atoms with E-state index in [9.17, 15) is 0 Å². The highest BCUT2D eigenvalue weighted by Gasteiger charge is 2.09. The molecule has 0 heterocycles. The first-order valence-electron chi connectivity index (χ1n) is 4.66. The van der Waals surface area contributed by atoms with E-state index in [0.29, 0.717) is 0 Å². The van der Waals surface area contributed by atoms with E-state index >= 15 is 0 Å². The summed E-state index contributed by atoms with van der Waals surface area (Å²) < 4.78 is 5.04. The molecular formula is C12H7Br5S. The van der Waals surface area contributed by atoms with E-state index in [1.165, 1.54) is 0 Å². The number of benzene rings is 2. The molecule has 0 aromatic heterocycles. The largest absolute Gasteiger partial charge is 0.143 e. The van der Waals surface area contributed by atoms with Crippen LogP contribution in [0.25, 0.3) is 0 Å².